The van der Waals surface area contributed by atoms with Gasteiger partial charge in [-0.1, -0.05) is 48.5 Å². The van der Waals surface area contributed by atoms with Gasteiger partial charge in [-0.05, 0) is 48.9 Å². The van der Waals surface area contributed by atoms with E-state index < -0.39 is 39.0 Å². The smallest absolute Gasteiger partial charge is 0.224 e. The van der Waals surface area contributed by atoms with Crippen molar-refractivity contribution in [3.8, 4) is 16.9 Å². The summed E-state index contributed by atoms with van der Waals surface area (Å²) in [6.45, 7) is 0.271. The van der Waals surface area contributed by atoms with Crippen molar-refractivity contribution in [2.75, 3.05) is 6.26 Å². The number of nitrogens with two attached hydrogens (primary N) is 1. The van der Waals surface area contributed by atoms with E-state index in [-0.39, 0.29) is 30.6 Å². The first-order chi connectivity index (χ1) is 17.1. The number of halogens is 2. The molecular formula is C27H28F2N2O4S. The molecule has 4 rings (SSSR count). The van der Waals surface area contributed by atoms with Crippen molar-refractivity contribution in [3.63, 3.8) is 0 Å². The Labute approximate surface area is 209 Å². The number of sulfonamides is 1. The van der Waals surface area contributed by atoms with Gasteiger partial charge in [0.2, 0.25) is 15.9 Å². The molecule has 3 aromatic rings. The number of rotatable bonds is 9. The minimum Gasteiger partial charge on any atom is -0.488 e. The molecule has 9 heteroatoms. The molecule has 1 fully saturated rings. The van der Waals surface area contributed by atoms with Gasteiger partial charge in [-0.2, -0.15) is 0 Å². The van der Waals surface area contributed by atoms with E-state index in [1.807, 2.05) is 30.3 Å². The van der Waals surface area contributed by atoms with Crippen molar-refractivity contribution in [1.29, 1.82) is 0 Å². The largest absolute Gasteiger partial charge is 0.488 e. The zero-order valence-corrected chi connectivity index (χ0v) is 20.7. The van der Waals surface area contributed by atoms with Crippen LogP contribution < -0.4 is 15.2 Å². The molecule has 0 heterocycles. The van der Waals surface area contributed by atoms with E-state index in [4.69, 9.17) is 10.5 Å². The summed E-state index contributed by atoms with van der Waals surface area (Å²) in [5, 5.41) is 0. The normalized spacial score (nSPS) is 19.8. The summed E-state index contributed by atoms with van der Waals surface area (Å²) >= 11 is 0. The second-order valence-electron chi connectivity index (χ2n) is 9.34. The topological polar surface area (TPSA) is 98.5 Å². The van der Waals surface area contributed by atoms with Crippen molar-refractivity contribution < 1.29 is 26.7 Å². The van der Waals surface area contributed by atoms with Crippen LogP contribution in [0.25, 0.3) is 11.1 Å². The Morgan fingerprint density at radius 3 is 2.44 bits per heavy atom. The predicted octanol–water partition coefficient (Wildman–Crippen LogP) is 4.33. The van der Waals surface area contributed by atoms with Gasteiger partial charge in [0.1, 0.15) is 24.0 Å². The number of nitrogens with one attached hydrogen (secondary N) is 1. The van der Waals surface area contributed by atoms with Crippen molar-refractivity contribution in [2.24, 2.45) is 11.1 Å². The average Bonchev–Trinajstić information content (AvgIpc) is 3.22. The summed E-state index contributed by atoms with van der Waals surface area (Å²) in [6, 6.07) is 18.1. The van der Waals surface area contributed by atoms with Crippen LogP contribution >= 0.6 is 0 Å². The lowest BCUT2D eigenvalue weighted by Crippen LogP contribution is -2.40. The predicted molar refractivity (Wildman–Crippen MR) is 134 cm³/mol. The fraction of sp³-hybridized carbons (Fsp3) is 0.296. The molecule has 3 N–H and O–H groups in total. The molecule has 0 aliphatic heterocycles. The Morgan fingerprint density at radius 1 is 1.06 bits per heavy atom. The number of para-hydroxylation sites is 1. The van der Waals surface area contributed by atoms with Gasteiger partial charge in [0, 0.05) is 23.2 Å². The number of carbonyl (C=O) groups is 1. The lowest BCUT2D eigenvalue weighted by molar-refractivity contribution is -0.127. The zero-order valence-electron chi connectivity index (χ0n) is 19.8. The van der Waals surface area contributed by atoms with Gasteiger partial charge < -0.3 is 10.5 Å². The first kappa shape index (κ1) is 25.8. The molecule has 3 aromatic carbocycles. The fourth-order valence-electron chi connectivity index (χ4n) is 4.85. The molecule has 1 saturated carbocycles. The second-order valence-corrected chi connectivity index (χ2v) is 11.1. The Morgan fingerprint density at radius 2 is 1.75 bits per heavy atom. The maximum Gasteiger partial charge on any atom is 0.224 e. The molecule has 0 spiro atoms. The van der Waals surface area contributed by atoms with Gasteiger partial charge >= 0.3 is 0 Å². The minimum absolute atomic E-state index is 0.0730. The molecule has 190 valence electrons. The highest BCUT2D eigenvalue weighted by Crippen LogP contribution is 2.43. The molecular weight excluding hydrogens is 486 g/mol. The van der Waals surface area contributed by atoms with Gasteiger partial charge in [0.05, 0.1) is 11.7 Å². The maximum atomic E-state index is 15.0. The highest BCUT2D eigenvalue weighted by molar-refractivity contribution is 7.88. The highest BCUT2D eigenvalue weighted by atomic mass is 32.2. The summed E-state index contributed by atoms with van der Waals surface area (Å²) in [6.07, 6.45) is 1.79. The Bertz CT molecular complexity index is 1370. The molecule has 0 unspecified atom stereocenters. The van der Waals surface area contributed by atoms with Crippen LogP contribution in [0.1, 0.15) is 30.4 Å². The second kappa shape index (κ2) is 10.4. The monoisotopic (exact) mass is 514 g/mol. The molecule has 1 aliphatic carbocycles. The number of amides is 1. The van der Waals surface area contributed by atoms with E-state index in [2.05, 4.69) is 4.72 Å². The molecule has 1 amide bonds. The van der Waals surface area contributed by atoms with Gasteiger partial charge in [0.15, 0.2) is 0 Å². The number of ether oxygens (including phenoxy) is 1. The maximum absolute atomic E-state index is 15.0. The molecule has 2 atom stereocenters. The molecule has 1 aliphatic rings. The SMILES string of the molecule is CS(=O)(=O)N[C@H]1CC[C@](Cc2cc(-c3ccccc3OCc3ccccc3)c(F)cc2F)(C(N)=O)C1. The highest BCUT2D eigenvalue weighted by Gasteiger charge is 2.45. The molecule has 0 radical (unpaired) electrons. The zero-order chi connectivity index (χ0) is 25.9. The lowest BCUT2D eigenvalue weighted by atomic mass is 9.78. The van der Waals surface area contributed by atoms with Crippen LogP contribution in [0.4, 0.5) is 8.78 Å². The van der Waals surface area contributed by atoms with Crippen molar-refractivity contribution in [3.05, 3.63) is 89.5 Å². The van der Waals surface area contributed by atoms with Gasteiger partial charge in [-0.3, -0.25) is 4.79 Å². The summed E-state index contributed by atoms with van der Waals surface area (Å²) in [4.78, 5) is 12.5. The van der Waals surface area contributed by atoms with Gasteiger partial charge in [0.25, 0.3) is 0 Å². The van der Waals surface area contributed by atoms with Crippen LogP contribution in [0.5, 0.6) is 5.75 Å². The summed E-state index contributed by atoms with van der Waals surface area (Å²) in [5.74, 6) is -1.76. The first-order valence-electron chi connectivity index (χ1n) is 11.6. The van der Waals surface area contributed by atoms with E-state index in [0.29, 0.717) is 24.2 Å². The van der Waals surface area contributed by atoms with Crippen molar-refractivity contribution in [1.82, 2.24) is 4.72 Å². The van der Waals surface area contributed by atoms with Gasteiger partial charge in [-0.15, -0.1) is 0 Å². The van der Waals surface area contributed by atoms with Crippen LogP contribution in [0.15, 0.2) is 66.7 Å². The molecule has 36 heavy (non-hydrogen) atoms. The van der Waals surface area contributed by atoms with E-state index >= 15 is 4.39 Å². The van der Waals surface area contributed by atoms with E-state index in [1.165, 1.54) is 6.07 Å². The number of hydrogen-bond donors (Lipinski definition) is 2. The minimum atomic E-state index is -3.48. The number of benzene rings is 3. The summed E-state index contributed by atoms with van der Waals surface area (Å²) in [7, 11) is -3.48. The van der Waals surface area contributed by atoms with Crippen LogP contribution in [-0.2, 0) is 27.8 Å². The molecule has 0 aromatic heterocycles. The molecule has 0 bridgehead atoms. The van der Waals surface area contributed by atoms with E-state index in [1.54, 1.807) is 24.3 Å². The standard InChI is InChI=1S/C27H28F2N2O4S/c1-36(33,34)31-20-11-12-27(16-20,26(30)32)15-19-13-22(24(29)14-23(19)28)21-9-5-6-10-25(21)35-17-18-7-3-2-4-8-18/h2-10,13-14,20,31H,11-12,15-17H2,1H3,(H2,30,32)/t20-,27+/m0/s1. The lowest BCUT2D eigenvalue weighted by Gasteiger charge is -2.26. The molecule has 0 saturated heterocycles. The van der Waals surface area contributed by atoms with Crippen LogP contribution in [-0.4, -0.2) is 26.6 Å². The van der Waals surface area contributed by atoms with Gasteiger partial charge in [-0.25, -0.2) is 21.9 Å². The first-order valence-corrected chi connectivity index (χ1v) is 13.5. The third kappa shape index (κ3) is 5.91. The third-order valence-corrected chi connectivity index (χ3v) is 7.35. The van der Waals surface area contributed by atoms with E-state index in [0.717, 1.165) is 17.9 Å². The van der Waals surface area contributed by atoms with E-state index in [9.17, 15) is 17.6 Å². The Hall–Kier alpha value is -3.30. The average molecular weight is 515 g/mol. The number of primary amides is 1. The fourth-order valence-corrected chi connectivity index (χ4v) is 5.66. The van der Waals surface area contributed by atoms with Crippen molar-refractivity contribution >= 4 is 15.9 Å². The Balaban J connectivity index is 1.64. The number of hydrogen-bond acceptors (Lipinski definition) is 4. The van der Waals surface area contributed by atoms with Crippen LogP contribution in [0.3, 0.4) is 0 Å². The summed E-state index contributed by atoms with van der Waals surface area (Å²) < 4.78 is 61.7. The Kier molecular flexibility index (Phi) is 7.42. The van der Waals surface area contributed by atoms with Crippen LogP contribution in [0.2, 0.25) is 0 Å². The third-order valence-electron chi connectivity index (χ3n) is 6.59. The summed E-state index contributed by atoms with van der Waals surface area (Å²) in [5.41, 5.74) is 6.22. The van der Waals surface area contributed by atoms with Crippen LogP contribution in [0, 0.1) is 17.0 Å². The number of carbonyl (C=O) groups excluding carboxylic acids is 1. The molecule has 6 nitrogen and oxygen atoms in total. The quantitative estimate of drug-likeness (QED) is 0.444. The van der Waals surface area contributed by atoms with Crippen molar-refractivity contribution in [2.45, 2.75) is 38.3 Å².